The second-order valence-electron chi connectivity index (χ2n) is 5.92. The van der Waals surface area contributed by atoms with Gasteiger partial charge < -0.3 is 4.57 Å². The number of rotatable bonds is 7. The molecule has 0 bridgehead atoms. The van der Waals surface area contributed by atoms with E-state index in [4.69, 9.17) is 0 Å². The number of anilines is 1. The van der Waals surface area contributed by atoms with Crippen LogP contribution in [0.4, 0.5) is 5.69 Å². The number of thiophene rings is 1. The molecule has 0 amide bonds. The summed E-state index contributed by atoms with van der Waals surface area (Å²) in [5.41, 5.74) is 0.929. The first kappa shape index (κ1) is 19.6. The van der Waals surface area contributed by atoms with Crippen LogP contribution in [0.5, 0.6) is 0 Å². The Morgan fingerprint density at radius 1 is 1.22 bits per heavy atom. The molecule has 0 aliphatic carbocycles. The number of nitrogens with one attached hydrogen (secondary N) is 1. The minimum Gasteiger partial charge on any atom is -0.304 e. The van der Waals surface area contributed by atoms with E-state index >= 15 is 0 Å². The van der Waals surface area contributed by atoms with E-state index < -0.39 is 10.0 Å². The molecule has 0 aliphatic heterocycles. The van der Waals surface area contributed by atoms with E-state index in [0.717, 1.165) is 17.0 Å². The zero-order valence-electron chi connectivity index (χ0n) is 14.9. The zero-order chi connectivity index (χ0) is 19.6. The summed E-state index contributed by atoms with van der Waals surface area (Å²) in [4.78, 5) is 13.7. The van der Waals surface area contributed by atoms with Crippen LogP contribution in [0.1, 0.15) is 17.3 Å². The lowest BCUT2D eigenvalue weighted by atomic mass is 10.1. The van der Waals surface area contributed by atoms with E-state index in [-0.39, 0.29) is 11.0 Å². The molecule has 0 radical (unpaired) electrons. The van der Waals surface area contributed by atoms with Crippen molar-refractivity contribution in [3.8, 4) is 10.7 Å². The molecule has 0 fully saturated rings. The van der Waals surface area contributed by atoms with E-state index in [1.807, 2.05) is 36.1 Å². The topological polar surface area (TPSA) is 93.9 Å². The van der Waals surface area contributed by atoms with Crippen molar-refractivity contribution in [1.82, 2.24) is 14.8 Å². The molecule has 1 N–H and O–H groups in total. The first-order valence-electron chi connectivity index (χ1n) is 7.96. The van der Waals surface area contributed by atoms with Gasteiger partial charge in [-0.1, -0.05) is 17.8 Å². The number of aromatic nitrogens is 3. The molecule has 0 saturated carbocycles. The van der Waals surface area contributed by atoms with Crippen LogP contribution in [0.15, 0.2) is 46.9 Å². The van der Waals surface area contributed by atoms with Crippen molar-refractivity contribution in [2.75, 3.05) is 11.0 Å². The number of nitrogens with zero attached hydrogens (tertiary/aromatic N) is 3. The Labute approximate surface area is 165 Å². The summed E-state index contributed by atoms with van der Waals surface area (Å²) < 4.78 is 26.8. The van der Waals surface area contributed by atoms with Crippen molar-refractivity contribution in [2.45, 2.75) is 17.3 Å². The van der Waals surface area contributed by atoms with E-state index in [2.05, 4.69) is 14.9 Å². The van der Waals surface area contributed by atoms with Gasteiger partial charge in [-0.05, 0) is 42.6 Å². The molecule has 10 heteroatoms. The monoisotopic (exact) mass is 422 g/mol. The van der Waals surface area contributed by atoms with Crippen LogP contribution in [0.2, 0.25) is 0 Å². The maximum absolute atomic E-state index is 12.7. The highest BCUT2D eigenvalue weighted by Gasteiger charge is 2.21. The molecule has 3 aromatic rings. The minimum atomic E-state index is -3.34. The maximum Gasteiger partial charge on any atom is 0.229 e. The van der Waals surface area contributed by atoms with Crippen molar-refractivity contribution in [3.63, 3.8) is 0 Å². The summed E-state index contributed by atoms with van der Waals surface area (Å²) >= 11 is 2.92. The van der Waals surface area contributed by atoms with Crippen LogP contribution >= 0.6 is 23.1 Å². The number of hydrogen-bond acceptors (Lipinski definition) is 7. The van der Waals surface area contributed by atoms with Crippen molar-refractivity contribution in [1.29, 1.82) is 0 Å². The molecule has 1 atom stereocenters. The zero-order valence-corrected chi connectivity index (χ0v) is 17.4. The smallest absolute Gasteiger partial charge is 0.229 e. The second-order valence-corrected chi connectivity index (χ2v) is 9.92. The average Bonchev–Trinajstić information content (AvgIpc) is 3.24. The summed E-state index contributed by atoms with van der Waals surface area (Å²) in [7, 11) is -1.47. The second kappa shape index (κ2) is 7.83. The quantitative estimate of drug-likeness (QED) is 0.464. The van der Waals surface area contributed by atoms with E-state index in [1.165, 1.54) is 11.8 Å². The SMILES string of the molecule is C[C@@H](Sc1nnc(-c2cccs2)n1C)C(=O)c1ccc(NS(C)(=O)=O)cc1. The third-order valence-electron chi connectivity index (χ3n) is 3.70. The number of hydrogen-bond donors (Lipinski definition) is 1. The standard InChI is InChI=1S/C17H18N4O3S3/c1-11(15(22)12-6-8-13(9-7-12)20-27(3,23)24)26-17-19-18-16(21(17)2)14-5-4-10-25-14/h4-11,20H,1-3H3/t11-/m1/s1. The van der Waals surface area contributed by atoms with E-state index in [1.54, 1.807) is 35.6 Å². The largest absolute Gasteiger partial charge is 0.304 e. The summed E-state index contributed by atoms with van der Waals surface area (Å²) in [5.74, 6) is 0.704. The fraction of sp³-hybridized carbons (Fsp3) is 0.235. The molecule has 0 unspecified atom stereocenters. The van der Waals surface area contributed by atoms with Crippen LogP contribution < -0.4 is 4.72 Å². The van der Waals surface area contributed by atoms with Crippen molar-refractivity contribution < 1.29 is 13.2 Å². The van der Waals surface area contributed by atoms with Gasteiger partial charge in [0.2, 0.25) is 10.0 Å². The van der Waals surface area contributed by atoms with Gasteiger partial charge >= 0.3 is 0 Å². The minimum absolute atomic E-state index is 0.0634. The average molecular weight is 423 g/mol. The van der Waals surface area contributed by atoms with Crippen LogP contribution in [-0.4, -0.2) is 40.5 Å². The third kappa shape index (κ3) is 4.76. The lowest BCUT2D eigenvalue weighted by molar-refractivity contribution is 0.0994. The van der Waals surface area contributed by atoms with Crippen molar-refractivity contribution >= 4 is 44.6 Å². The van der Waals surface area contributed by atoms with E-state index in [0.29, 0.717) is 16.4 Å². The molecule has 7 nitrogen and oxygen atoms in total. The normalized spacial score (nSPS) is 12.7. The molecule has 2 heterocycles. The molecule has 0 aliphatic rings. The Bertz CT molecular complexity index is 1040. The predicted molar refractivity (Wildman–Crippen MR) is 109 cm³/mol. The third-order valence-corrected chi connectivity index (χ3v) is 6.31. The highest BCUT2D eigenvalue weighted by atomic mass is 32.2. The molecule has 0 saturated heterocycles. The molecule has 0 spiro atoms. The van der Waals surface area contributed by atoms with Crippen LogP contribution in [0, 0.1) is 0 Å². The Balaban J connectivity index is 1.71. The number of carbonyl (C=O) groups is 1. The first-order valence-corrected chi connectivity index (χ1v) is 11.6. The highest BCUT2D eigenvalue weighted by molar-refractivity contribution is 8.00. The molecule has 2 aromatic heterocycles. The van der Waals surface area contributed by atoms with Gasteiger partial charge in [-0.3, -0.25) is 9.52 Å². The van der Waals surface area contributed by atoms with Crippen molar-refractivity contribution in [2.24, 2.45) is 7.05 Å². The van der Waals surface area contributed by atoms with E-state index in [9.17, 15) is 13.2 Å². The fourth-order valence-corrected chi connectivity index (χ4v) is 4.60. The van der Waals surface area contributed by atoms with Gasteiger partial charge in [-0.25, -0.2) is 8.42 Å². The number of thioether (sulfide) groups is 1. The van der Waals surface area contributed by atoms with Gasteiger partial charge in [0.1, 0.15) is 0 Å². The number of Topliss-reactive ketones (excluding diaryl/α,β-unsaturated/α-hetero) is 1. The van der Waals surface area contributed by atoms with Crippen LogP contribution in [0.25, 0.3) is 10.7 Å². The molecule has 142 valence electrons. The number of benzene rings is 1. The Morgan fingerprint density at radius 2 is 1.93 bits per heavy atom. The summed E-state index contributed by atoms with van der Waals surface area (Å²) in [6, 6.07) is 10.3. The lowest BCUT2D eigenvalue weighted by Gasteiger charge is -2.11. The van der Waals surface area contributed by atoms with Gasteiger partial charge in [0, 0.05) is 18.3 Å². The van der Waals surface area contributed by atoms with Gasteiger partial charge in [-0.15, -0.1) is 21.5 Å². The number of sulfonamides is 1. The lowest BCUT2D eigenvalue weighted by Crippen LogP contribution is -2.15. The van der Waals surface area contributed by atoms with Gasteiger partial charge in [-0.2, -0.15) is 0 Å². The highest BCUT2D eigenvalue weighted by Crippen LogP contribution is 2.29. The molecular weight excluding hydrogens is 404 g/mol. The van der Waals surface area contributed by atoms with Gasteiger partial charge in [0.05, 0.1) is 16.4 Å². The number of ketones is 1. The van der Waals surface area contributed by atoms with Gasteiger partial charge in [0.25, 0.3) is 0 Å². The summed E-state index contributed by atoms with van der Waals surface area (Å²) in [5, 5.41) is 10.7. The molecule has 3 rings (SSSR count). The number of carbonyl (C=O) groups excluding carboxylic acids is 1. The summed E-state index contributed by atoms with van der Waals surface area (Å²) in [6.07, 6.45) is 1.08. The van der Waals surface area contributed by atoms with Crippen LogP contribution in [0.3, 0.4) is 0 Å². The summed E-state index contributed by atoms with van der Waals surface area (Å²) in [6.45, 7) is 1.81. The maximum atomic E-state index is 12.7. The molecule has 1 aromatic carbocycles. The Kier molecular flexibility index (Phi) is 5.68. The molecular formula is C17H18N4O3S3. The first-order chi connectivity index (χ1) is 12.7. The molecule has 27 heavy (non-hydrogen) atoms. The fourth-order valence-electron chi connectivity index (χ4n) is 2.40. The predicted octanol–water partition coefficient (Wildman–Crippen LogP) is 3.28. The van der Waals surface area contributed by atoms with Crippen molar-refractivity contribution in [3.05, 3.63) is 47.3 Å². The van der Waals surface area contributed by atoms with Crippen LogP contribution in [-0.2, 0) is 17.1 Å². The van der Waals surface area contributed by atoms with Gasteiger partial charge in [0.15, 0.2) is 16.8 Å². The Hall–Kier alpha value is -2.17. The Morgan fingerprint density at radius 3 is 2.52 bits per heavy atom.